The van der Waals surface area contributed by atoms with E-state index >= 15 is 0 Å². The van der Waals surface area contributed by atoms with Crippen molar-refractivity contribution < 1.29 is 18.7 Å². The Bertz CT molecular complexity index is 692. The van der Waals surface area contributed by atoms with Crippen LogP contribution < -0.4 is 5.32 Å². The molecule has 0 aliphatic heterocycles. The van der Waals surface area contributed by atoms with E-state index in [-0.39, 0.29) is 11.5 Å². The van der Waals surface area contributed by atoms with E-state index in [9.17, 15) is 9.59 Å². The number of thioether (sulfide) groups is 1. The first kappa shape index (κ1) is 20.1. The number of Topliss-reactive ketones (excluding diaryl/α,β-unsaturated/α-hetero) is 1. The average molecular weight is 375 g/mol. The van der Waals surface area contributed by atoms with Gasteiger partial charge in [-0.15, -0.1) is 11.8 Å². The van der Waals surface area contributed by atoms with Gasteiger partial charge in [-0.2, -0.15) is 0 Å². The van der Waals surface area contributed by atoms with Gasteiger partial charge in [0.2, 0.25) is 0 Å². The summed E-state index contributed by atoms with van der Waals surface area (Å²) in [6, 6.07) is 12.7. The number of ketones is 1. The molecule has 0 aliphatic rings. The van der Waals surface area contributed by atoms with Crippen LogP contribution in [0.5, 0.6) is 0 Å². The summed E-state index contributed by atoms with van der Waals surface area (Å²) in [7, 11) is 0. The summed E-state index contributed by atoms with van der Waals surface area (Å²) in [6.45, 7) is 5.37. The predicted molar refractivity (Wildman–Crippen MR) is 103 cm³/mol. The molecular weight excluding hydrogens is 350 g/mol. The third-order valence-corrected chi connectivity index (χ3v) is 4.41. The summed E-state index contributed by atoms with van der Waals surface area (Å²) in [5.74, 6) is 1.68. The maximum Gasteiger partial charge on any atom is 0.408 e. The van der Waals surface area contributed by atoms with Crippen LogP contribution in [0.25, 0.3) is 0 Å². The number of benzene rings is 1. The van der Waals surface area contributed by atoms with E-state index in [2.05, 4.69) is 5.32 Å². The minimum absolute atomic E-state index is 0.0451. The number of furan rings is 1. The molecule has 1 atom stereocenters. The van der Waals surface area contributed by atoms with Crippen molar-refractivity contribution in [3.8, 4) is 0 Å². The van der Waals surface area contributed by atoms with Gasteiger partial charge in [0.25, 0.3) is 0 Å². The number of hydrogen-bond acceptors (Lipinski definition) is 5. The van der Waals surface area contributed by atoms with E-state index < -0.39 is 17.7 Å². The van der Waals surface area contributed by atoms with Crippen LogP contribution in [0.2, 0.25) is 0 Å². The van der Waals surface area contributed by atoms with Crippen molar-refractivity contribution >= 4 is 23.6 Å². The van der Waals surface area contributed by atoms with Gasteiger partial charge in [0.1, 0.15) is 11.4 Å². The zero-order chi connectivity index (χ0) is 19.0. The molecule has 26 heavy (non-hydrogen) atoms. The quantitative estimate of drug-likeness (QED) is 0.748. The molecule has 6 heteroatoms. The highest BCUT2D eigenvalue weighted by molar-refractivity contribution is 7.99. The molecule has 0 bridgehead atoms. The number of nitrogens with one attached hydrogen (secondary N) is 1. The minimum atomic E-state index is -0.628. The average Bonchev–Trinajstić information content (AvgIpc) is 3.06. The van der Waals surface area contributed by atoms with E-state index in [1.807, 2.05) is 42.5 Å². The summed E-state index contributed by atoms with van der Waals surface area (Å²) >= 11 is 1.46. The molecule has 1 heterocycles. The third-order valence-electron chi connectivity index (χ3n) is 3.43. The van der Waals surface area contributed by atoms with E-state index in [0.717, 1.165) is 11.3 Å². The van der Waals surface area contributed by atoms with Gasteiger partial charge in [-0.05, 0) is 44.9 Å². The number of carbonyl (C=O) groups excluding carboxylic acids is 2. The number of amides is 1. The molecule has 0 aliphatic carbocycles. The molecule has 0 spiro atoms. The standard InChI is InChI=1S/C20H25NO4S/c1-20(2,3)25-19(23)21-17(12-15-8-5-4-6-9-15)18(22)14-26-13-16-10-7-11-24-16/h4-11,17H,12-14H2,1-3H3,(H,21,23). The van der Waals surface area contributed by atoms with Crippen molar-refractivity contribution in [2.75, 3.05) is 5.75 Å². The Kier molecular flexibility index (Phi) is 7.33. The van der Waals surface area contributed by atoms with Crippen LogP contribution in [0, 0.1) is 0 Å². The molecule has 1 aromatic carbocycles. The van der Waals surface area contributed by atoms with Crippen molar-refractivity contribution in [1.29, 1.82) is 0 Å². The largest absolute Gasteiger partial charge is 0.468 e. The second-order valence-corrected chi connectivity index (χ2v) is 7.91. The molecule has 0 saturated heterocycles. The second-order valence-electron chi connectivity index (χ2n) is 6.93. The molecular formula is C20H25NO4S. The summed E-state index contributed by atoms with van der Waals surface area (Å²) in [6.07, 6.45) is 1.46. The molecule has 1 aromatic heterocycles. The highest BCUT2D eigenvalue weighted by Crippen LogP contribution is 2.15. The molecule has 5 nitrogen and oxygen atoms in total. The first-order chi connectivity index (χ1) is 12.3. The molecule has 140 valence electrons. The molecule has 0 radical (unpaired) electrons. The summed E-state index contributed by atoms with van der Waals surface area (Å²) in [5.41, 5.74) is 0.372. The SMILES string of the molecule is CC(C)(C)OC(=O)NC(Cc1ccccc1)C(=O)CSCc1ccco1. The minimum Gasteiger partial charge on any atom is -0.468 e. The molecule has 0 fully saturated rings. The Morgan fingerprint density at radius 1 is 1.15 bits per heavy atom. The summed E-state index contributed by atoms with van der Waals surface area (Å²) in [4.78, 5) is 24.8. The first-order valence-electron chi connectivity index (χ1n) is 8.50. The zero-order valence-corrected chi connectivity index (χ0v) is 16.2. The van der Waals surface area contributed by atoms with E-state index in [0.29, 0.717) is 12.2 Å². The normalized spacial score (nSPS) is 12.4. The number of ether oxygens (including phenoxy) is 1. The van der Waals surface area contributed by atoms with Gasteiger partial charge in [-0.25, -0.2) is 4.79 Å². The van der Waals surface area contributed by atoms with Crippen LogP contribution in [-0.4, -0.2) is 29.3 Å². The Morgan fingerprint density at radius 3 is 2.50 bits per heavy atom. The Labute approximate surface area is 158 Å². The summed E-state index contributed by atoms with van der Waals surface area (Å²) in [5, 5.41) is 2.72. The van der Waals surface area contributed by atoms with Crippen LogP contribution in [0.15, 0.2) is 53.1 Å². The van der Waals surface area contributed by atoms with Crippen LogP contribution in [-0.2, 0) is 21.7 Å². The van der Waals surface area contributed by atoms with Gasteiger partial charge < -0.3 is 14.5 Å². The summed E-state index contributed by atoms with van der Waals surface area (Å²) < 4.78 is 10.6. The molecule has 0 saturated carbocycles. The van der Waals surface area contributed by atoms with E-state index in [4.69, 9.17) is 9.15 Å². The van der Waals surface area contributed by atoms with Crippen LogP contribution in [0.4, 0.5) is 4.79 Å². The molecule has 1 unspecified atom stereocenters. The van der Waals surface area contributed by atoms with E-state index in [1.54, 1.807) is 27.0 Å². The second kappa shape index (κ2) is 9.48. The Balaban J connectivity index is 1.96. The lowest BCUT2D eigenvalue weighted by Gasteiger charge is -2.23. The first-order valence-corrected chi connectivity index (χ1v) is 9.65. The number of hydrogen-bond donors (Lipinski definition) is 1. The lowest BCUT2D eigenvalue weighted by molar-refractivity contribution is -0.118. The lowest BCUT2D eigenvalue weighted by Crippen LogP contribution is -2.45. The number of carbonyl (C=O) groups is 2. The molecule has 2 rings (SSSR count). The monoisotopic (exact) mass is 375 g/mol. The van der Waals surface area contributed by atoms with Crippen LogP contribution >= 0.6 is 11.8 Å². The number of rotatable bonds is 8. The van der Waals surface area contributed by atoms with Gasteiger partial charge in [0.15, 0.2) is 5.78 Å². The maximum atomic E-state index is 12.7. The van der Waals surface area contributed by atoms with Gasteiger partial charge in [-0.3, -0.25) is 4.79 Å². The third kappa shape index (κ3) is 7.35. The lowest BCUT2D eigenvalue weighted by atomic mass is 10.0. The molecule has 1 N–H and O–H groups in total. The smallest absolute Gasteiger partial charge is 0.408 e. The van der Waals surface area contributed by atoms with Crippen LogP contribution in [0.3, 0.4) is 0 Å². The topological polar surface area (TPSA) is 68.5 Å². The van der Waals surface area contributed by atoms with Crippen molar-refractivity contribution in [3.63, 3.8) is 0 Å². The van der Waals surface area contributed by atoms with Crippen molar-refractivity contribution in [2.24, 2.45) is 0 Å². The highest BCUT2D eigenvalue weighted by atomic mass is 32.2. The fourth-order valence-electron chi connectivity index (χ4n) is 2.29. The molecule has 2 aromatic rings. The fourth-order valence-corrected chi connectivity index (χ4v) is 3.16. The highest BCUT2D eigenvalue weighted by Gasteiger charge is 2.24. The Morgan fingerprint density at radius 2 is 1.88 bits per heavy atom. The fraction of sp³-hybridized carbons (Fsp3) is 0.400. The van der Waals surface area contributed by atoms with Gasteiger partial charge in [0.05, 0.1) is 23.8 Å². The van der Waals surface area contributed by atoms with Crippen LogP contribution in [0.1, 0.15) is 32.1 Å². The maximum absolute atomic E-state index is 12.7. The predicted octanol–water partition coefficient (Wildman–Crippen LogP) is 4.22. The zero-order valence-electron chi connectivity index (χ0n) is 15.4. The molecule has 1 amide bonds. The van der Waals surface area contributed by atoms with Gasteiger partial charge in [0, 0.05) is 0 Å². The van der Waals surface area contributed by atoms with Crippen molar-refractivity contribution in [3.05, 3.63) is 60.1 Å². The number of alkyl carbamates (subject to hydrolysis) is 1. The van der Waals surface area contributed by atoms with Crippen molar-refractivity contribution in [1.82, 2.24) is 5.32 Å². The van der Waals surface area contributed by atoms with Gasteiger partial charge in [-0.1, -0.05) is 30.3 Å². The van der Waals surface area contributed by atoms with Gasteiger partial charge >= 0.3 is 6.09 Å². The van der Waals surface area contributed by atoms with E-state index in [1.165, 1.54) is 11.8 Å². The Hall–Kier alpha value is -2.21. The van der Waals surface area contributed by atoms with Crippen molar-refractivity contribution in [2.45, 2.75) is 44.6 Å².